The van der Waals surface area contributed by atoms with Crippen molar-refractivity contribution < 1.29 is 4.79 Å². The van der Waals surface area contributed by atoms with E-state index in [1.54, 1.807) is 6.20 Å². The number of amides is 1. The van der Waals surface area contributed by atoms with Crippen molar-refractivity contribution in [1.82, 2.24) is 24.3 Å². The zero-order valence-corrected chi connectivity index (χ0v) is 13.8. The second kappa shape index (κ2) is 5.70. The first-order valence-corrected chi connectivity index (χ1v) is 8.15. The highest BCUT2D eigenvalue weighted by Gasteiger charge is 2.30. The highest BCUT2D eigenvalue weighted by Crippen LogP contribution is 2.26. The lowest BCUT2D eigenvalue weighted by Crippen LogP contribution is -2.28. The van der Waals surface area contributed by atoms with Gasteiger partial charge < -0.3 is 9.30 Å². The highest BCUT2D eigenvalue weighted by atomic mass is 16.2. The summed E-state index contributed by atoms with van der Waals surface area (Å²) in [6.45, 7) is 5.33. The number of pyridine rings is 1. The molecule has 1 fully saturated rings. The normalized spacial score (nSPS) is 17.6. The fourth-order valence-electron chi connectivity index (χ4n) is 3.23. The monoisotopic (exact) mass is 321 g/mol. The summed E-state index contributed by atoms with van der Waals surface area (Å²) in [6, 6.07) is 7.76. The molecule has 4 heterocycles. The molecule has 122 valence electrons. The molecule has 0 aromatic carbocycles. The number of aromatic nitrogens is 4. The molecule has 1 atom stereocenters. The van der Waals surface area contributed by atoms with Crippen molar-refractivity contribution in [3.63, 3.8) is 0 Å². The largest absolute Gasteiger partial charge is 0.337 e. The quantitative estimate of drug-likeness (QED) is 0.727. The number of fused-ring (bicyclic) bond motifs is 1. The molecule has 6 nitrogen and oxygen atoms in total. The molecule has 24 heavy (non-hydrogen) atoms. The maximum atomic E-state index is 12.8. The maximum Gasteiger partial charge on any atom is 0.274 e. The molecule has 1 amide bonds. The zero-order valence-electron chi connectivity index (χ0n) is 13.8. The molecule has 1 saturated heterocycles. The third kappa shape index (κ3) is 2.54. The van der Waals surface area contributed by atoms with E-state index >= 15 is 0 Å². The summed E-state index contributed by atoms with van der Waals surface area (Å²) in [5.74, 6) is 1.01. The molecule has 1 aliphatic rings. The summed E-state index contributed by atoms with van der Waals surface area (Å²) < 4.78 is 1.95. The second-order valence-electron chi connectivity index (χ2n) is 6.31. The van der Waals surface area contributed by atoms with Crippen molar-refractivity contribution in [3.8, 4) is 0 Å². The van der Waals surface area contributed by atoms with Crippen LogP contribution >= 0.6 is 0 Å². The van der Waals surface area contributed by atoms with Crippen LogP contribution in [0.1, 0.15) is 40.0 Å². The lowest BCUT2D eigenvalue weighted by atomic mass is 10.1. The number of carbonyl (C=O) groups is 1. The molecule has 0 spiro atoms. The van der Waals surface area contributed by atoms with Gasteiger partial charge in [-0.05, 0) is 38.5 Å². The molecule has 0 saturated carbocycles. The molecule has 3 aromatic heterocycles. The Balaban J connectivity index is 1.55. The summed E-state index contributed by atoms with van der Waals surface area (Å²) >= 11 is 0. The minimum absolute atomic E-state index is 0.0201. The molecular weight excluding hydrogens is 302 g/mol. The van der Waals surface area contributed by atoms with Gasteiger partial charge in [0, 0.05) is 42.8 Å². The average Bonchev–Trinajstić information content (AvgIpc) is 3.22. The number of carbonyl (C=O) groups excluding carboxylic acids is 1. The molecule has 4 rings (SSSR count). The standard InChI is InChI=1S/C18H19N5O/c1-12-6-8-19-17(20-12)14-7-9-22(10-14)18(24)15-11-23-13(2)4-3-5-16(23)21-15/h3-6,8,11,14H,7,9-10H2,1-2H3/t14-/m0/s1. The Kier molecular flexibility index (Phi) is 3.52. The third-order valence-electron chi connectivity index (χ3n) is 4.57. The van der Waals surface area contributed by atoms with Gasteiger partial charge >= 0.3 is 0 Å². The van der Waals surface area contributed by atoms with Crippen molar-refractivity contribution in [1.29, 1.82) is 0 Å². The van der Waals surface area contributed by atoms with Crippen LogP contribution in [0.2, 0.25) is 0 Å². The summed E-state index contributed by atoms with van der Waals surface area (Å²) in [5.41, 5.74) is 3.32. The molecule has 0 N–H and O–H groups in total. The molecule has 0 aliphatic carbocycles. The van der Waals surface area contributed by atoms with Crippen LogP contribution in [0.3, 0.4) is 0 Å². The van der Waals surface area contributed by atoms with Crippen molar-refractivity contribution in [2.24, 2.45) is 0 Å². The van der Waals surface area contributed by atoms with E-state index in [1.165, 1.54) is 0 Å². The van der Waals surface area contributed by atoms with Crippen LogP contribution in [0.25, 0.3) is 5.65 Å². The van der Waals surface area contributed by atoms with E-state index in [4.69, 9.17) is 0 Å². The third-order valence-corrected chi connectivity index (χ3v) is 4.57. The van der Waals surface area contributed by atoms with Crippen molar-refractivity contribution >= 4 is 11.6 Å². The van der Waals surface area contributed by atoms with Gasteiger partial charge in [-0.1, -0.05) is 6.07 Å². The number of hydrogen-bond acceptors (Lipinski definition) is 4. The lowest BCUT2D eigenvalue weighted by molar-refractivity contribution is 0.0785. The summed E-state index contributed by atoms with van der Waals surface area (Å²) in [7, 11) is 0. The summed E-state index contributed by atoms with van der Waals surface area (Å²) in [6.07, 6.45) is 4.50. The van der Waals surface area contributed by atoms with Gasteiger partial charge in [0.25, 0.3) is 5.91 Å². The van der Waals surface area contributed by atoms with Gasteiger partial charge in [0.1, 0.15) is 17.2 Å². The van der Waals surface area contributed by atoms with E-state index in [9.17, 15) is 4.79 Å². The number of nitrogens with zero attached hydrogens (tertiary/aromatic N) is 5. The van der Waals surface area contributed by atoms with Crippen molar-refractivity contribution in [3.05, 3.63) is 59.6 Å². The highest BCUT2D eigenvalue weighted by molar-refractivity contribution is 5.93. The first-order valence-electron chi connectivity index (χ1n) is 8.15. The van der Waals surface area contributed by atoms with Crippen LogP contribution in [0.5, 0.6) is 0 Å². The minimum atomic E-state index is -0.0201. The fourth-order valence-corrected chi connectivity index (χ4v) is 3.23. The van der Waals surface area contributed by atoms with Gasteiger partial charge in [-0.15, -0.1) is 0 Å². The Morgan fingerprint density at radius 3 is 2.88 bits per heavy atom. The van der Waals surface area contributed by atoms with Gasteiger partial charge in [-0.3, -0.25) is 4.79 Å². The fraction of sp³-hybridized carbons (Fsp3) is 0.333. The van der Waals surface area contributed by atoms with Gasteiger partial charge in [0.05, 0.1) is 0 Å². The van der Waals surface area contributed by atoms with Gasteiger partial charge in [0.2, 0.25) is 0 Å². The van der Waals surface area contributed by atoms with Gasteiger partial charge in [-0.2, -0.15) is 0 Å². The molecule has 0 unspecified atom stereocenters. The average molecular weight is 321 g/mol. The number of hydrogen-bond donors (Lipinski definition) is 0. The van der Waals surface area contributed by atoms with E-state index in [1.807, 2.05) is 53.6 Å². The molecule has 0 radical (unpaired) electrons. The Hall–Kier alpha value is -2.76. The van der Waals surface area contributed by atoms with Crippen LogP contribution in [0.15, 0.2) is 36.7 Å². The zero-order chi connectivity index (χ0) is 16.7. The first kappa shape index (κ1) is 14.8. The first-order chi connectivity index (χ1) is 11.6. The van der Waals surface area contributed by atoms with Crippen LogP contribution in [-0.4, -0.2) is 43.2 Å². The second-order valence-corrected chi connectivity index (χ2v) is 6.31. The summed E-state index contributed by atoms with van der Waals surface area (Å²) in [4.78, 5) is 28.0. The van der Waals surface area contributed by atoms with Gasteiger partial charge in [0.15, 0.2) is 0 Å². The van der Waals surface area contributed by atoms with E-state index in [0.717, 1.165) is 29.3 Å². The van der Waals surface area contributed by atoms with E-state index in [2.05, 4.69) is 15.0 Å². The molecule has 3 aromatic rings. The Bertz CT molecular complexity index is 917. The number of aryl methyl sites for hydroxylation is 2. The molecule has 1 aliphatic heterocycles. The molecular formula is C18H19N5O. The SMILES string of the molecule is Cc1ccnc([C@H]2CCN(C(=O)c3cn4c(C)cccc4n3)C2)n1. The number of rotatable bonds is 2. The Morgan fingerprint density at radius 2 is 2.08 bits per heavy atom. The van der Waals surface area contributed by atoms with E-state index in [0.29, 0.717) is 18.8 Å². The Labute approximate surface area is 140 Å². The van der Waals surface area contributed by atoms with E-state index < -0.39 is 0 Å². The van der Waals surface area contributed by atoms with Crippen LogP contribution in [0.4, 0.5) is 0 Å². The predicted molar refractivity (Wildman–Crippen MR) is 90.0 cm³/mol. The lowest BCUT2D eigenvalue weighted by Gasteiger charge is -2.14. The molecule has 0 bridgehead atoms. The van der Waals surface area contributed by atoms with Crippen LogP contribution in [0, 0.1) is 13.8 Å². The maximum absolute atomic E-state index is 12.8. The predicted octanol–water partition coefficient (Wildman–Crippen LogP) is 2.37. The number of imidazole rings is 1. The van der Waals surface area contributed by atoms with Crippen LogP contribution in [-0.2, 0) is 0 Å². The minimum Gasteiger partial charge on any atom is -0.337 e. The smallest absolute Gasteiger partial charge is 0.274 e. The van der Waals surface area contributed by atoms with Crippen LogP contribution < -0.4 is 0 Å². The summed E-state index contributed by atoms with van der Waals surface area (Å²) in [5, 5.41) is 0. The molecule has 6 heteroatoms. The number of likely N-dealkylation sites (tertiary alicyclic amines) is 1. The van der Waals surface area contributed by atoms with E-state index in [-0.39, 0.29) is 11.8 Å². The van der Waals surface area contributed by atoms with Gasteiger partial charge in [-0.25, -0.2) is 15.0 Å². The Morgan fingerprint density at radius 1 is 1.21 bits per heavy atom. The van der Waals surface area contributed by atoms with Crippen molar-refractivity contribution in [2.45, 2.75) is 26.2 Å². The topological polar surface area (TPSA) is 63.4 Å². The van der Waals surface area contributed by atoms with Crippen molar-refractivity contribution in [2.75, 3.05) is 13.1 Å².